The van der Waals surface area contributed by atoms with E-state index < -0.39 is 19.2 Å². The Morgan fingerprint density at radius 1 is 1.04 bits per heavy atom. The third-order valence-electron chi connectivity index (χ3n) is 3.38. The number of rotatable bonds is 10. The van der Waals surface area contributed by atoms with Crippen molar-refractivity contribution in [3.05, 3.63) is 23.8 Å². The highest BCUT2D eigenvalue weighted by Crippen LogP contribution is 2.64. The average molecular weight is 366 g/mol. The van der Waals surface area contributed by atoms with Crippen LogP contribution in [-0.2, 0) is 13.6 Å². The summed E-state index contributed by atoms with van der Waals surface area (Å²) in [5, 5.41) is 18.7. The van der Waals surface area contributed by atoms with Gasteiger partial charge in [0.2, 0.25) is 0 Å². The van der Waals surface area contributed by atoms with Crippen molar-refractivity contribution in [2.75, 3.05) is 26.9 Å². The second-order valence-corrected chi connectivity index (χ2v) is 7.05. The monoisotopic (exact) mass is 366 g/mol. The van der Waals surface area contributed by atoms with E-state index in [2.05, 4.69) is 0 Å². The fraction of sp³-hybridized carbons (Fsp3) is 0.529. The van der Waals surface area contributed by atoms with Gasteiger partial charge in [0.1, 0.15) is 5.66 Å². The summed E-state index contributed by atoms with van der Waals surface area (Å²) in [6.07, 6.45) is 0. The SMILES string of the molecule is CCOc1ccc(C(C(C#N)C#N)P(=O)(OCC)OCC)cc1OC. The molecule has 1 unspecified atom stereocenters. The zero-order valence-corrected chi connectivity index (χ0v) is 15.8. The Bertz CT molecular complexity index is 671. The van der Waals surface area contributed by atoms with Crippen LogP contribution in [0.15, 0.2) is 18.2 Å². The Morgan fingerprint density at radius 3 is 2.08 bits per heavy atom. The third-order valence-corrected chi connectivity index (χ3v) is 5.90. The minimum Gasteiger partial charge on any atom is -0.493 e. The largest absolute Gasteiger partial charge is 0.493 e. The lowest BCUT2D eigenvalue weighted by Gasteiger charge is -2.27. The number of ether oxygens (including phenoxy) is 2. The van der Waals surface area contributed by atoms with Gasteiger partial charge in [0.25, 0.3) is 0 Å². The summed E-state index contributed by atoms with van der Waals surface area (Å²) in [6, 6.07) is 8.66. The van der Waals surface area contributed by atoms with Gasteiger partial charge in [-0.05, 0) is 38.5 Å². The first-order valence-corrected chi connectivity index (χ1v) is 9.61. The molecule has 0 bridgehead atoms. The van der Waals surface area contributed by atoms with E-state index in [1.54, 1.807) is 32.0 Å². The maximum atomic E-state index is 13.3. The lowest BCUT2D eigenvalue weighted by Crippen LogP contribution is -2.15. The van der Waals surface area contributed by atoms with Crippen LogP contribution < -0.4 is 9.47 Å². The van der Waals surface area contributed by atoms with E-state index in [1.165, 1.54) is 7.11 Å². The lowest BCUT2D eigenvalue weighted by molar-refractivity contribution is 0.209. The standard InChI is InChI=1S/C17H23N2O5P/c1-5-22-15-9-8-13(10-16(15)21-4)17(14(11-18)12-19)25(20,23-6-2)24-7-3/h8-10,14,17H,5-7H2,1-4H3. The molecule has 0 radical (unpaired) electrons. The van der Waals surface area contributed by atoms with Crippen LogP contribution in [-0.4, -0.2) is 26.9 Å². The van der Waals surface area contributed by atoms with Gasteiger partial charge in [0, 0.05) is 0 Å². The molecule has 25 heavy (non-hydrogen) atoms. The molecule has 7 nitrogen and oxygen atoms in total. The molecule has 0 saturated carbocycles. The molecule has 1 rings (SSSR count). The molecule has 136 valence electrons. The molecule has 0 N–H and O–H groups in total. The first kappa shape index (κ1) is 21.0. The summed E-state index contributed by atoms with van der Waals surface area (Å²) in [4.78, 5) is 0. The second-order valence-electron chi connectivity index (χ2n) is 4.90. The van der Waals surface area contributed by atoms with Gasteiger partial charge in [-0.3, -0.25) is 4.57 Å². The quantitative estimate of drug-likeness (QED) is 0.575. The number of methoxy groups -OCH3 is 1. The number of benzene rings is 1. The molecule has 0 aliphatic heterocycles. The van der Waals surface area contributed by atoms with Crippen molar-refractivity contribution < 1.29 is 23.1 Å². The van der Waals surface area contributed by atoms with Crippen LogP contribution in [0.1, 0.15) is 32.0 Å². The van der Waals surface area contributed by atoms with Crippen LogP contribution in [0.25, 0.3) is 0 Å². The van der Waals surface area contributed by atoms with E-state index in [-0.39, 0.29) is 13.2 Å². The van der Waals surface area contributed by atoms with Crippen LogP contribution in [0.5, 0.6) is 11.5 Å². The molecule has 0 heterocycles. The second kappa shape index (κ2) is 10.1. The van der Waals surface area contributed by atoms with Crippen LogP contribution in [0.4, 0.5) is 0 Å². The molecule has 0 spiro atoms. The molecule has 0 aliphatic rings. The Labute approximate surface area is 148 Å². The van der Waals surface area contributed by atoms with Crippen LogP contribution in [0, 0.1) is 28.6 Å². The highest BCUT2D eigenvalue weighted by Gasteiger charge is 2.43. The van der Waals surface area contributed by atoms with Crippen molar-refractivity contribution in [1.29, 1.82) is 10.5 Å². The minimum atomic E-state index is -3.74. The Balaban J connectivity index is 3.50. The molecule has 1 aromatic rings. The Hall–Kier alpha value is -2.05. The van der Waals surface area contributed by atoms with Gasteiger partial charge in [-0.25, -0.2) is 0 Å². The highest BCUT2D eigenvalue weighted by molar-refractivity contribution is 7.54. The fourth-order valence-corrected chi connectivity index (χ4v) is 4.57. The first-order valence-electron chi connectivity index (χ1n) is 7.99. The van der Waals surface area contributed by atoms with E-state index in [4.69, 9.17) is 18.5 Å². The maximum absolute atomic E-state index is 13.3. The molecular formula is C17H23N2O5P. The summed E-state index contributed by atoms with van der Waals surface area (Å²) in [5.74, 6) is -0.272. The molecule has 1 atom stereocenters. The van der Waals surface area contributed by atoms with E-state index in [0.717, 1.165) is 0 Å². The van der Waals surface area contributed by atoms with Crippen molar-refractivity contribution in [3.8, 4) is 23.6 Å². The molecule has 0 fully saturated rings. The topological polar surface area (TPSA) is 102 Å². The summed E-state index contributed by atoms with van der Waals surface area (Å²) in [5.41, 5.74) is -0.592. The predicted octanol–water partition coefficient (Wildman–Crippen LogP) is 4.06. The third kappa shape index (κ3) is 4.96. The van der Waals surface area contributed by atoms with Crippen LogP contribution in [0.3, 0.4) is 0 Å². The van der Waals surface area contributed by atoms with Gasteiger partial charge in [-0.15, -0.1) is 0 Å². The van der Waals surface area contributed by atoms with Crippen molar-refractivity contribution in [2.45, 2.75) is 26.4 Å². The van der Waals surface area contributed by atoms with Gasteiger partial charge in [-0.1, -0.05) is 6.07 Å². The van der Waals surface area contributed by atoms with E-state index in [9.17, 15) is 15.1 Å². The first-order chi connectivity index (χ1) is 12.0. The zero-order valence-electron chi connectivity index (χ0n) is 14.9. The molecular weight excluding hydrogens is 343 g/mol. The van der Waals surface area contributed by atoms with Gasteiger partial charge < -0.3 is 18.5 Å². The van der Waals surface area contributed by atoms with Crippen molar-refractivity contribution >= 4 is 7.60 Å². The lowest BCUT2D eigenvalue weighted by atomic mass is 10.0. The van der Waals surface area contributed by atoms with E-state index in [1.807, 2.05) is 19.1 Å². The smallest absolute Gasteiger partial charge is 0.340 e. The predicted molar refractivity (Wildman–Crippen MR) is 92.5 cm³/mol. The van der Waals surface area contributed by atoms with Gasteiger partial charge >= 0.3 is 7.60 Å². The van der Waals surface area contributed by atoms with Crippen molar-refractivity contribution in [2.24, 2.45) is 5.92 Å². The van der Waals surface area contributed by atoms with Gasteiger partial charge in [-0.2, -0.15) is 10.5 Å². The van der Waals surface area contributed by atoms with Crippen LogP contribution in [0.2, 0.25) is 0 Å². The zero-order chi connectivity index (χ0) is 18.9. The summed E-state index contributed by atoms with van der Waals surface area (Å²) < 4.78 is 34.8. The summed E-state index contributed by atoms with van der Waals surface area (Å²) >= 11 is 0. The molecule has 0 aliphatic carbocycles. The number of nitriles is 2. The van der Waals surface area contributed by atoms with Crippen molar-refractivity contribution in [1.82, 2.24) is 0 Å². The molecule has 0 aromatic heterocycles. The Morgan fingerprint density at radius 2 is 1.64 bits per heavy atom. The minimum absolute atomic E-state index is 0.130. The number of nitrogens with zero attached hydrogens (tertiary/aromatic N) is 2. The Kier molecular flexibility index (Phi) is 8.45. The molecule has 1 aromatic carbocycles. The molecule has 0 amide bonds. The molecule has 8 heteroatoms. The van der Waals surface area contributed by atoms with Gasteiger partial charge in [0.15, 0.2) is 17.4 Å². The molecule has 0 saturated heterocycles. The normalized spacial score (nSPS) is 12.3. The summed E-state index contributed by atoms with van der Waals surface area (Å²) in [7, 11) is -2.26. The maximum Gasteiger partial charge on any atom is 0.340 e. The number of hydrogen-bond acceptors (Lipinski definition) is 7. The van der Waals surface area contributed by atoms with E-state index >= 15 is 0 Å². The average Bonchev–Trinajstić information content (AvgIpc) is 2.60. The van der Waals surface area contributed by atoms with E-state index in [0.29, 0.717) is 23.7 Å². The van der Waals surface area contributed by atoms with Crippen molar-refractivity contribution in [3.63, 3.8) is 0 Å². The van der Waals surface area contributed by atoms with Gasteiger partial charge in [0.05, 0.1) is 39.1 Å². The highest BCUT2D eigenvalue weighted by atomic mass is 31.2. The fourth-order valence-electron chi connectivity index (χ4n) is 2.43. The van der Waals surface area contributed by atoms with Crippen LogP contribution >= 0.6 is 7.60 Å². The summed E-state index contributed by atoms with van der Waals surface area (Å²) in [6.45, 7) is 5.91. The number of hydrogen-bond donors (Lipinski definition) is 0.